The molecule has 218 valence electrons. The molecule has 1 unspecified atom stereocenters. The van der Waals surface area contributed by atoms with Crippen molar-refractivity contribution >= 4 is 29.3 Å². The van der Waals surface area contributed by atoms with Gasteiger partial charge in [-0.15, -0.1) is 11.3 Å². The van der Waals surface area contributed by atoms with Crippen LogP contribution in [-0.4, -0.2) is 52.6 Å². The minimum Gasteiger partial charge on any atom is -0.429 e. The zero-order valence-electron chi connectivity index (χ0n) is 22.2. The van der Waals surface area contributed by atoms with Gasteiger partial charge in [0.15, 0.2) is 17.2 Å². The van der Waals surface area contributed by atoms with E-state index in [0.29, 0.717) is 11.3 Å². The highest BCUT2D eigenvalue weighted by Crippen LogP contribution is 2.32. The van der Waals surface area contributed by atoms with Crippen LogP contribution in [0.5, 0.6) is 5.75 Å². The Hall–Kier alpha value is -4.17. The van der Waals surface area contributed by atoms with Crippen molar-refractivity contribution in [2.75, 3.05) is 6.54 Å². The van der Waals surface area contributed by atoms with Gasteiger partial charge in [0, 0.05) is 24.9 Å². The van der Waals surface area contributed by atoms with Gasteiger partial charge in [0.2, 0.25) is 0 Å². The molecule has 2 heterocycles. The van der Waals surface area contributed by atoms with Crippen LogP contribution in [-0.2, 0) is 20.6 Å². The van der Waals surface area contributed by atoms with E-state index in [-0.39, 0.29) is 23.0 Å². The van der Waals surface area contributed by atoms with E-state index < -0.39 is 47.5 Å². The first-order valence-electron chi connectivity index (χ1n) is 12.5. The van der Waals surface area contributed by atoms with E-state index in [2.05, 4.69) is 10.3 Å². The number of ether oxygens (including phenoxy) is 4. The predicted octanol–water partition coefficient (Wildman–Crippen LogP) is 6.07. The average molecular weight is 592 g/mol. The lowest BCUT2D eigenvalue weighted by molar-refractivity contribution is -0.384. The Labute approximate surface area is 237 Å². The monoisotopic (exact) mass is 591 g/mol. The Morgan fingerprint density at radius 1 is 1.10 bits per heavy atom. The van der Waals surface area contributed by atoms with Crippen LogP contribution in [0.1, 0.15) is 37.8 Å². The van der Waals surface area contributed by atoms with Crippen molar-refractivity contribution < 1.29 is 42.2 Å². The summed E-state index contributed by atoms with van der Waals surface area (Å²) >= 11 is 0.914. The van der Waals surface area contributed by atoms with Crippen molar-refractivity contribution in [3.8, 4) is 16.2 Å². The van der Waals surface area contributed by atoms with Crippen LogP contribution in [0.4, 0.5) is 24.1 Å². The molecule has 1 N–H and O–H groups in total. The molecular weight excluding hydrogens is 564 g/mol. The second kappa shape index (κ2) is 12.6. The van der Waals surface area contributed by atoms with Crippen molar-refractivity contribution in [3.63, 3.8) is 0 Å². The number of carbonyl (C=O) groups excluding carboxylic acids is 2. The molecule has 41 heavy (non-hydrogen) atoms. The number of hydrogen-bond acceptors (Lipinski definition) is 11. The molecule has 0 spiro atoms. The standard InChI is InChI=1S/C27H27F2N3O8S/c1-27(2,3)40-26(34)38-20-13-30-19(22(20)39-25(33)37-18-10-8-17(9-11-18)32(35)36)12-15-4-6-16(7-5-15)21-14-31-24(41-21)23(28)29/h4-11,14,19-20,22-23,30H,12-13H2,1-3H3/t19-,20?,22+/m1/s1. The molecular formula is C27H27F2N3O8S. The largest absolute Gasteiger partial charge is 0.514 e. The van der Waals surface area contributed by atoms with Crippen LogP contribution >= 0.6 is 11.3 Å². The van der Waals surface area contributed by atoms with Crippen LogP contribution in [0, 0.1) is 10.1 Å². The predicted molar refractivity (Wildman–Crippen MR) is 143 cm³/mol. The normalized spacial score (nSPS) is 18.6. The molecule has 0 radical (unpaired) electrons. The van der Waals surface area contributed by atoms with E-state index in [0.717, 1.165) is 22.5 Å². The molecule has 1 saturated heterocycles. The van der Waals surface area contributed by atoms with E-state index in [9.17, 15) is 28.5 Å². The first-order chi connectivity index (χ1) is 19.4. The molecule has 2 aromatic carbocycles. The minimum atomic E-state index is -2.64. The van der Waals surface area contributed by atoms with Crippen molar-refractivity contribution in [1.82, 2.24) is 10.3 Å². The molecule has 4 rings (SSSR count). The second-order valence-corrected chi connectivity index (χ2v) is 11.1. The third-order valence-corrected chi connectivity index (χ3v) is 6.92. The number of nitrogens with zero attached hydrogens (tertiary/aromatic N) is 2. The van der Waals surface area contributed by atoms with Gasteiger partial charge >= 0.3 is 12.3 Å². The van der Waals surface area contributed by atoms with E-state index >= 15 is 0 Å². The van der Waals surface area contributed by atoms with Crippen LogP contribution in [0.15, 0.2) is 54.7 Å². The number of nitro benzene ring substituents is 1. The summed E-state index contributed by atoms with van der Waals surface area (Å²) in [6, 6.07) is 11.6. The van der Waals surface area contributed by atoms with Gasteiger partial charge in [-0.1, -0.05) is 24.3 Å². The molecule has 0 amide bonds. The van der Waals surface area contributed by atoms with Crippen LogP contribution in [0.25, 0.3) is 10.4 Å². The highest BCUT2D eigenvalue weighted by Gasteiger charge is 2.42. The van der Waals surface area contributed by atoms with Gasteiger partial charge in [-0.05, 0) is 50.5 Å². The highest BCUT2D eigenvalue weighted by molar-refractivity contribution is 7.15. The number of non-ortho nitro benzene ring substituents is 1. The smallest absolute Gasteiger partial charge is 0.429 e. The van der Waals surface area contributed by atoms with Gasteiger partial charge in [-0.25, -0.2) is 23.4 Å². The maximum Gasteiger partial charge on any atom is 0.514 e. The lowest BCUT2D eigenvalue weighted by Gasteiger charge is -2.25. The maximum absolute atomic E-state index is 12.9. The van der Waals surface area contributed by atoms with Gasteiger partial charge in [0.1, 0.15) is 11.4 Å². The Bertz CT molecular complexity index is 1380. The fourth-order valence-corrected chi connectivity index (χ4v) is 4.84. The Morgan fingerprint density at radius 2 is 1.78 bits per heavy atom. The molecule has 1 aliphatic heterocycles. The van der Waals surface area contributed by atoms with Crippen molar-refractivity contribution in [1.29, 1.82) is 0 Å². The van der Waals surface area contributed by atoms with Crippen LogP contribution < -0.4 is 10.1 Å². The number of thiazole rings is 1. The first-order valence-corrected chi connectivity index (χ1v) is 13.3. The Morgan fingerprint density at radius 3 is 2.37 bits per heavy atom. The summed E-state index contributed by atoms with van der Waals surface area (Å²) in [6.45, 7) is 5.21. The number of carbonyl (C=O) groups is 2. The Balaban J connectivity index is 1.46. The molecule has 1 fully saturated rings. The Kier molecular flexibility index (Phi) is 9.13. The zero-order valence-corrected chi connectivity index (χ0v) is 23.1. The summed E-state index contributed by atoms with van der Waals surface area (Å²) in [5.74, 6) is 0.0290. The lowest BCUT2D eigenvalue weighted by atomic mass is 10.0. The highest BCUT2D eigenvalue weighted by atomic mass is 32.1. The number of aromatic nitrogens is 1. The topological polar surface area (TPSA) is 139 Å². The summed E-state index contributed by atoms with van der Waals surface area (Å²) in [6.07, 6.45) is -4.77. The molecule has 1 aliphatic rings. The van der Waals surface area contributed by atoms with E-state index in [1.807, 2.05) is 12.1 Å². The van der Waals surface area contributed by atoms with Gasteiger partial charge in [-0.2, -0.15) is 0 Å². The number of hydrogen-bond donors (Lipinski definition) is 1. The number of benzene rings is 2. The summed E-state index contributed by atoms with van der Waals surface area (Å²) in [5.41, 5.74) is 0.583. The summed E-state index contributed by atoms with van der Waals surface area (Å²) in [7, 11) is 0. The van der Waals surface area contributed by atoms with Gasteiger partial charge in [-0.3, -0.25) is 10.1 Å². The minimum absolute atomic E-state index is 0.0290. The van der Waals surface area contributed by atoms with E-state index in [4.69, 9.17) is 18.9 Å². The fraction of sp³-hybridized carbons (Fsp3) is 0.370. The van der Waals surface area contributed by atoms with Gasteiger partial charge in [0.25, 0.3) is 12.1 Å². The van der Waals surface area contributed by atoms with Crippen molar-refractivity contribution in [3.05, 3.63) is 75.4 Å². The van der Waals surface area contributed by atoms with E-state index in [1.165, 1.54) is 30.5 Å². The molecule has 11 nitrogen and oxygen atoms in total. The first kappa shape index (κ1) is 29.8. The summed E-state index contributed by atoms with van der Waals surface area (Å²) in [4.78, 5) is 39.6. The fourth-order valence-electron chi connectivity index (χ4n) is 4.06. The number of halogens is 2. The molecule has 14 heteroatoms. The number of nitro groups is 1. The maximum atomic E-state index is 12.9. The summed E-state index contributed by atoms with van der Waals surface area (Å²) < 4.78 is 47.3. The van der Waals surface area contributed by atoms with Crippen LogP contribution in [0.2, 0.25) is 0 Å². The van der Waals surface area contributed by atoms with Gasteiger partial charge in [0.05, 0.1) is 15.8 Å². The molecule has 0 aliphatic carbocycles. The molecule has 3 atom stereocenters. The quantitative estimate of drug-likeness (QED) is 0.142. The van der Waals surface area contributed by atoms with Crippen LogP contribution in [0.3, 0.4) is 0 Å². The third kappa shape index (κ3) is 8.17. The number of nitrogens with one attached hydrogen (secondary N) is 1. The third-order valence-electron chi connectivity index (χ3n) is 5.87. The SMILES string of the molecule is CC(C)(C)OC(=O)OC1CN[C@H](Cc2ccc(-c3cnc(C(F)F)s3)cc2)[C@@H]1OC(=O)Oc1ccc([N+](=O)[O-])cc1. The molecule has 0 bridgehead atoms. The van der Waals surface area contributed by atoms with Crippen molar-refractivity contribution in [2.24, 2.45) is 0 Å². The van der Waals surface area contributed by atoms with E-state index in [1.54, 1.807) is 32.9 Å². The number of alkyl halides is 2. The number of rotatable bonds is 8. The van der Waals surface area contributed by atoms with Crippen molar-refractivity contribution in [2.45, 2.75) is 57.5 Å². The molecule has 1 aromatic heterocycles. The van der Waals surface area contributed by atoms with Gasteiger partial charge < -0.3 is 24.3 Å². The average Bonchev–Trinajstić information content (AvgIpc) is 3.52. The second-order valence-electron chi connectivity index (χ2n) is 10.1. The molecule has 0 saturated carbocycles. The zero-order chi connectivity index (χ0) is 29.7. The summed E-state index contributed by atoms with van der Waals surface area (Å²) in [5, 5.41) is 13.8. The lowest BCUT2D eigenvalue weighted by Crippen LogP contribution is -2.41. The molecule has 3 aromatic rings.